The van der Waals surface area contributed by atoms with Gasteiger partial charge in [-0.15, -0.1) is 0 Å². The third-order valence-electron chi connectivity index (χ3n) is 4.99. The monoisotopic (exact) mass is 418 g/mol. The van der Waals surface area contributed by atoms with Gasteiger partial charge in [0.1, 0.15) is 18.0 Å². The average Bonchev–Trinajstić information content (AvgIpc) is 2.77. The lowest BCUT2D eigenvalue weighted by atomic mass is 10.1. The van der Waals surface area contributed by atoms with E-state index >= 15 is 0 Å². The molecule has 0 spiro atoms. The molecule has 1 aliphatic heterocycles. The zero-order valence-electron chi connectivity index (χ0n) is 16.7. The van der Waals surface area contributed by atoms with Gasteiger partial charge in [-0.05, 0) is 55.7 Å². The van der Waals surface area contributed by atoms with Crippen LogP contribution < -0.4 is 13.8 Å². The molecular formula is C21H26N2O5S. The summed E-state index contributed by atoms with van der Waals surface area (Å²) < 4.78 is 38.6. The fourth-order valence-corrected chi connectivity index (χ4v) is 4.80. The third-order valence-corrected chi connectivity index (χ3v) is 6.76. The molecule has 0 aliphatic carbocycles. The van der Waals surface area contributed by atoms with Gasteiger partial charge in [-0.25, -0.2) is 8.42 Å². The number of anilines is 1. The Labute approximate surface area is 171 Å². The molecule has 0 saturated carbocycles. The Hall–Kier alpha value is -2.74. The topological polar surface area (TPSA) is 76.2 Å². The van der Waals surface area contributed by atoms with Crippen LogP contribution in [0.2, 0.25) is 0 Å². The second-order valence-electron chi connectivity index (χ2n) is 6.80. The van der Waals surface area contributed by atoms with Crippen LogP contribution in [0.15, 0.2) is 53.4 Å². The van der Waals surface area contributed by atoms with Crippen molar-refractivity contribution in [3.8, 4) is 11.5 Å². The normalized spacial score (nSPS) is 14.3. The smallest absolute Gasteiger partial charge is 0.264 e. The number of para-hydroxylation sites is 2. The molecule has 3 rings (SSSR count). The first kappa shape index (κ1) is 21.0. The van der Waals surface area contributed by atoms with Crippen molar-refractivity contribution >= 4 is 21.6 Å². The van der Waals surface area contributed by atoms with Crippen molar-refractivity contribution in [3.05, 3.63) is 48.5 Å². The number of ether oxygens (including phenoxy) is 2. The third kappa shape index (κ3) is 4.64. The van der Waals surface area contributed by atoms with E-state index in [1.165, 1.54) is 26.4 Å². The molecule has 0 bridgehead atoms. The molecule has 1 fully saturated rings. The summed E-state index contributed by atoms with van der Waals surface area (Å²) in [6, 6.07) is 12.9. The highest BCUT2D eigenvalue weighted by Crippen LogP contribution is 2.32. The van der Waals surface area contributed by atoms with Gasteiger partial charge in [-0.3, -0.25) is 9.10 Å². The number of methoxy groups -OCH3 is 2. The molecule has 0 radical (unpaired) electrons. The Morgan fingerprint density at radius 3 is 2.24 bits per heavy atom. The predicted molar refractivity (Wildman–Crippen MR) is 111 cm³/mol. The molecule has 2 aromatic carbocycles. The van der Waals surface area contributed by atoms with Gasteiger partial charge in [-0.2, -0.15) is 0 Å². The van der Waals surface area contributed by atoms with Crippen molar-refractivity contribution in [2.75, 3.05) is 38.2 Å². The molecule has 29 heavy (non-hydrogen) atoms. The number of nitrogens with zero attached hydrogens (tertiary/aromatic N) is 2. The van der Waals surface area contributed by atoms with Gasteiger partial charge < -0.3 is 14.4 Å². The molecule has 1 heterocycles. The van der Waals surface area contributed by atoms with E-state index in [1.807, 2.05) is 0 Å². The number of likely N-dealkylation sites (tertiary alicyclic amines) is 1. The lowest BCUT2D eigenvalue weighted by molar-refractivity contribution is -0.130. The molecule has 8 heteroatoms. The Kier molecular flexibility index (Phi) is 6.64. The lowest BCUT2D eigenvalue weighted by Crippen LogP contribution is -2.45. The van der Waals surface area contributed by atoms with Gasteiger partial charge in [0.15, 0.2) is 0 Å². The van der Waals surface area contributed by atoms with E-state index in [0.717, 1.165) is 23.6 Å². The molecule has 7 nitrogen and oxygen atoms in total. The maximum absolute atomic E-state index is 13.5. The summed E-state index contributed by atoms with van der Waals surface area (Å²) in [5.74, 6) is 0.723. The summed E-state index contributed by atoms with van der Waals surface area (Å²) in [5, 5.41) is 0. The minimum atomic E-state index is -4.00. The van der Waals surface area contributed by atoms with E-state index in [-0.39, 0.29) is 17.3 Å². The van der Waals surface area contributed by atoms with Gasteiger partial charge in [0.05, 0.1) is 24.8 Å². The molecule has 1 amide bonds. The first-order valence-electron chi connectivity index (χ1n) is 9.55. The number of carbonyl (C=O) groups excluding carboxylic acids is 1. The van der Waals surface area contributed by atoms with Crippen LogP contribution >= 0.6 is 0 Å². The van der Waals surface area contributed by atoms with Crippen LogP contribution in [0, 0.1) is 0 Å². The van der Waals surface area contributed by atoms with Crippen molar-refractivity contribution < 1.29 is 22.7 Å². The number of piperidine rings is 1. The number of sulfonamides is 1. The molecule has 156 valence electrons. The van der Waals surface area contributed by atoms with E-state index in [1.54, 1.807) is 41.3 Å². The van der Waals surface area contributed by atoms with Crippen LogP contribution in [0.4, 0.5) is 5.69 Å². The second kappa shape index (κ2) is 9.17. The Balaban J connectivity index is 2.00. The predicted octanol–water partition coefficient (Wildman–Crippen LogP) is 2.91. The molecule has 2 aromatic rings. The first-order valence-corrected chi connectivity index (χ1v) is 11.0. The van der Waals surface area contributed by atoms with Gasteiger partial charge in [0.2, 0.25) is 5.91 Å². The van der Waals surface area contributed by atoms with Crippen LogP contribution in [-0.2, 0) is 14.8 Å². The van der Waals surface area contributed by atoms with Gasteiger partial charge in [0.25, 0.3) is 10.0 Å². The first-order chi connectivity index (χ1) is 14.0. The number of amides is 1. The van der Waals surface area contributed by atoms with Crippen molar-refractivity contribution in [1.29, 1.82) is 0 Å². The van der Waals surface area contributed by atoms with Gasteiger partial charge >= 0.3 is 0 Å². The molecule has 0 aromatic heterocycles. The van der Waals surface area contributed by atoms with E-state index in [2.05, 4.69) is 0 Å². The fraction of sp³-hybridized carbons (Fsp3) is 0.381. The minimum Gasteiger partial charge on any atom is -0.497 e. The van der Waals surface area contributed by atoms with Crippen LogP contribution in [0.1, 0.15) is 19.3 Å². The summed E-state index contributed by atoms with van der Waals surface area (Å²) >= 11 is 0. The number of carbonyl (C=O) groups is 1. The molecule has 1 saturated heterocycles. The van der Waals surface area contributed by atoms with Crippen LogP contribution in [-0.4, -0.2) is 53.1 Å². The van der Waals surface area contributed by atoms with Crippen molar-refractivity contribution in [2.24, 2.45) is 0 Å². The van der Waals surface area contributed by atoms with Crippen LogP contribution in [0.25, 0.3) is 0 Å². The SMILES string of the molecule is COc1ccc(S(=O)(=O)N(CC(=O)N2CCCCC2)c2ccccc2OC)cc1. The van der Waals surface area contributed by atoms with E-state index in [9.17, 15) is 13.2 Å². The quantitative estimate of drug-likeness (QED) is 0.691. The maximum atomic E-state index is 13.5. The largest absolute Gasteiger partial charge is 0.497 e. The number of rotatable bonds is 7. The van der Waals surface area contributed by atoms with E-state index in [4.69, 9.17) is 9.47 Å². The minimum absolute atomic E-state index is 0.0793. The number of hydrogen-bond donors (Lipinski definition) is 0. The zero-order valence-corrected chi connectivity index (χ0v) is 17.5. The lowest BCUT2D eigenvalue weighted by Gasteiger charge is -2.31. The van der Waals surface area contributed by atoms with E-state index < -0.39 is 10.0 Å². The van der Waals surface area contributed by atoms with Crippen LogP contribution in [0.5, 0.6) is 11.5 Å². The summed E-state index contributed by atoms with van der Waals surface area (Å²) in [4.78, 5) is 14.7. The zero-order chi connectivity index (χ0) is 20.9. The van der Waals surface area contributed by atoms with Gasteiger partial charge in [0, 0.05) is 13.1 Å². The fourth-order valence-electron chi connectivity index (χ4n) is 3.38. The van der Waals surface area contributed by atoms with Crippen LogP contribution in [0.3, 0.4) is 0 Å². The average molecular weight is 419 g/mol. The Morgan fingerprint density at radius 2 is 1.62 bits per heavy atom. The summed E-state index contributed by atoms with van der Waals surface area (Å²) in [6.07, 6.45) is 2.96. The summed E-state index contributed by atoms with van der Waals surface area (Å²) in [5.41, 5.74) is 0.330. The standard InChI is InChI=1S/C21H26N2O5S/c1-27-17-10-12-18(13-11-17)29(25,26)23(19-8-4-5-9-20(19)28-2)16-21(24)22-14-6-3-7-15-22/h4-5,8-13H,3,6-7,14-16H2,1-2H3. The molecule has 0 N–H and O–H groups in total. The Bertz CT molecular complexity index is 938. The second-order valence-corrected chi connectivity index (χ2v) is 8.66. The molecule has 0 atom stereocenters. The highest BCUT2D eigenvalue weighted by atomic mass is 32.2. The maximum Gasteiger partial charge on any atom is 0.264 e. The highest BCUT2D eigenvalue weighted by molar-refractivity contribution is 7.92. The molecule has 1 aliphatic rings. The summed E-state index contributed by atoms with van der Waals surface area (Å²) in [6.45, 7) is 1.02. The van der Waals surface area contributed by atoms with Crippen molar-refractivity contribution in [1.82, 2.24) is 4.90 Å². The number of hydrogen-bond acceptors (Lipinski definition) is 5. The summed E-state index contributed by atoms with van der Waals surface area (Å²) in [7, 11) is -1.00. The number of benzene rings is 2. The Morgan fingerprint density at radius 1 is 0.966 bits per heavy atom. The van der Waals surface area contributed by atoms with Crippen molar-refractivity contribution in [3.63, 3.8) is 0 Å². The van der Waals surface area contributed by atoms with Crippen molar-refractivity contribution in [2.45, 2.75) is 24.2 Å². The highest BCUT2D eigenvalue weighted by Gasteiger charge is 2.31. The molecular weight excluding hydrogens is 392 g/mol. The van der Waals surface area contributed by atoms with E-state index in [0.29, 0.717) is 30.3 Å². The van der Waals surface area contributed by atoms with Gasteiger partial charge in [-0.1, -0.05) is 12.1 Å². The molecule has 0 unspecified atom stereocenters.